The number of nitrogens with one attached hydrogen (secondary N) is 1. The predicted molar refractivity (Wildman–Crippen MR) is 128 cm³/mol. The van der Waals surface area contributed by atoms with E-state index in [4.69, 9.17) is 34.8 Å². The van der Waals surface area contributed by atoms with Crippen molar-refractivity contribution in [2.75, 3.05) is 10.2 Å². The van der Waals surface area contributed by atoms with Gasteiger partial charge in [-0.25, -0.2) is 4.90 Å². The van der Waals surface area contributed by atoms with Crippen LogP contribution < -0.4 is 10.2 Å². The molecule has 0 spiro atoms. The number of carbonyl (C=O) groups excluding carboxylic acids is 2. The van der Waals surface area contributed by atoms with Gasteiger partial charge in [-0.2, -0.15) is 0 Å². The Hall–Kier alpha value is -2.44. The number of rotatable bonds is 5. The summed E-state index contributed by atoms with van der Waals surface area (Å²) in [6, 6.07) is 19.2. The summed E-state index contributed by atoms with van der Waals surface area (Å²) in [4.78, 5) is 28.9. The van der Waals surface area contributed by atoms with Crippen molar-refractivity contribution in [1.82, 2.24) is 0 Å². The minimum atomic E-state index is -0.469. The van der Waals surface area contributed by atoms with Gasteiger partial charge >= 0.3 is 0 Å². The molecule has 0 unspecified atom stereocenters. The fourth-order valence-electron chi connectivity index (χ4n) is 3.04. The van der Waals surface area contributed by atoms with Gasteiger partial charge in [-0.1, -0.05) is 64.8 Å². The Kier molecular flexibility index (Phi) is 6.30. The van der Waals surface area contributed by atoms with Crippen molar-refractivity contribution in [3.8, 4) is 0 Å². The molecule has 0 aliphatic carbocycles. The van der Waals surface area contributed by atoms with Crippen molar-refractivity contribution in [2.45, 2.75) is 11.8 Å². The quantitative estimate of drug-likeness (QED) is 0.394. The van der Waals surface area contributed by atoms with Crippen molar-refractivity contribution in [2.24, 2.45) is 0 Å². The molecule has 0 saturated carbocycles. The van der Waals surface area contributed by atoms with E-state index in [1.807, 2.05) is 31.2 Å². The van der Waals surface area contributed by atoms with E-state index in [1.54, 1.807) is 36.4 Å². The minimum absolute atomic E-state index is 0.199. The van der Waals surface area contributed by atoms with Gasteiger partial charge in [0.25, 0.3) is 11.8 Å². The average molecular weight is 490 g/mol. The number of imide groups is 1. The Balaban J connectivity index is 1.77. The molecule has 0 saturated heterocycles. The highest BCUT2D eigenvalue weighted by molar-refractivity contribution is 8.04. The Bertz CT molecular complexity index is 1230. The number of hydrogen-bond acceptors (Lipinski definition) is 4. The van der Waals surface area contributed by atoms with Gasteiger partial charge in [0.2, 0.25) is 0 Å². The lowest BCUT2D eigenvalue weighted by molar-refractivity contribution is -0.120. The fourth-order valence-corrected chi connectivity index (χ4v) is 4.39. The van der Waals surface area contributed by atoms with Crippen molar-refractivity contribution in [3.63, 3.8) is 0 Å². The average Bonchev–Trinajstić information content (AvgIpc) is 2.97. The van der Waals surface area contributed by atoms with E-state index in [2.05, 4.69) is 5.32 Å². The third-order valence-electron chi connectivity index (χ3n) is 4.64. The normalized spacial score (nSPS) is 13.9. The van der Waals surface area contributed by atoms with E-state index in [0.717, 1.165) is 21.0 Å². The standard InChI is InChI=1S/C23H15Cl3N2O2S/c1-13-4-2-3-5-19(13)27-20-21(31-16-9-6-14(24)7-10-16)23(30)28(22(20)29)15-8-11-17(25)18(26)12-15/h2-12,27H,1H3. The number of thioether (sulfide) groups is 1. The molecule has 8 heteroatoms. The monoisotopic (exact) mass is 488 g/mol. The Morgan fingerprint density at radius 2 is 1.55 bits per heavy atom. The zero-order chi connectivity index (χ0) is 22.1. The predicted octanol–water partition coefficient (Wildman–Crippen LogP) is 6.94. The summed E-state index contributed by atoms with van der Waals surface area (Å²) in [6.07, 6.45) is 0. The maximum Gasteiger partial charge on any atom is 0.283 e. The van der Waals surface area contributed by atoms with Crippen molar-refractivity contribution >= 4 is 69.8 Å². The first-order valence-corrected chi connectivity index (χ1v) is 11.1. The van der Waals surface area contributed by atoms with Gasteiger partial charge in [0.05, 0.1) is 15.7 Å². The molecule has 4 nitrogen and oxygen atoms in total. The molecule has 0 aromatic heterocycles. The molecule has 3 aromatic rings. The zero-order valence-electron chi connectivity index (χ0n) is 16.2. The van der Waals surface area contributed by atoms with Crippen molar-refractivity contribution in [3.05, 3.63) is 98.0 Å². The second-order valence-corrected chi connectivity index (χ2v) is 9.08. The summed E-state index contributed by atoms with van der Waals surface area (Å²) in [7, 11) is 0. The smallest absolute Gasteiger partial charge is 0.283 e. The first-order valence-electron chi connectivity index (χ1n) is 9.19. The number of halogens is 3. The molecule has 3 aromatic carbocycles. The van der Waals surface area contributed by atoms with Gasteiger partial charge in [-0.15, -0.1) is 0 Å². The van der Waals surface area contributed by atoms with E-state index < -0.39 is 11.8 Å². The summed E-state index contributed by atoms with van der Waals surface area (Å²) < 4.78 is 0. The number of carbonyl (C=O) groups is 2. The highest BCUT2D eigenvalue weighted by atomic mass is 35.5. The number of aryl methyl sites for hydroxylation is 1. The maximum absolute atomic E-state index is 13.4. The van der Waals surface area contributed by atoms with Crippen LogP contribution in [0.5, 0.6) is 0 Å². The highest BCUT2D eigenvalue weighted by Crippen LogP contribution is 2.39. The van der Waals surface area contributed by atoms with E-state index in [1.165, 1.54) is 17.8 Å². The van der Waals surface area contributed by atoms with E-state index in [0.29, 0.717) is 15.7 Å². The molecule has 31 heavy (non-hydrogen) atoms. The summed E-state index contributed by atoms with van der Waals surface area (Å²) in [6.45, 7) is 1.92. The van der Waals surface area contributed by atoms with Crippen LogP contribution in [0.15, 0.2) is 82.2 Å². The van der Waals surface area contributed by atoms with E-state index >= 15 is 0 Å². The van der Waals surface area contributed by atoms with Crippen LogP contribution in [0, 0.1) is 6.92 Å². The SMILES string of the molecule is Cc1ccccc1NC1=C(Sc2ccc(Cl)cc2)C(=O)N(c2ccc(Cl)c(Cl)c2)C1=O. The van der Waals surface area contributed by atoms with Crippen LogP contribution in [-0.2, 0) is 9.59 Å². The number of nitrogens with zero attached hydrogens (tertiary/aromatic N) is 1. The molecular weight excluding hydrogens is 475 g/mol. The van der Waals surface area contributed by atoms with Crippen LogP contribution in [0.1, 0.15) is 5.56 Å². The Morgan fingerprint density at radius 1 is 0.839 bits per heavy atom. The van der Waals surface area contributed by atoms with E-state index in [-0.39, 0.29) is 15.6 Å². The van der Waals surface area contributed by atoms with Crippen LogP contribution in [0.4, 0.5) is 11.4 Å². The lowest BCUT2D eigenvalue weighted by Gasteiger charge is -2.16. The molecule has 0 atom stereocenters. The summed E-state index contributed by atoms with van der Waals surface area (Å²) in [5.41, 5.74) is 2.23. The molecule has 1 heterocycles. The zero-order valence-corrected chi connectivity index (χ0v) is 19.2. The first-order chi connectivity index (χ1) is 14.8. The van der Waals surface area contributed by atoms with Crippen LogP contribution in [0.3, 0.4) is 0 Å². The number of hydrogen-bond donors (Lipinski definition) is 1. The molecule has 0 radical (unpaired) electrons. The van der Waals surface area contributed by atoms with Gasteiger partial charge in [0.1, 0.15) is 10.6 Å². The van der Waals surface area contributed by atoms with Crippen molar-refractivity contribution in [1.29, 1.82) is 0 Å². The Morgan fingerprint density at radius 3 is 2.23 bits per heavy atom. The van der Waals surface area contributed by atoms with Crippen LogP contribution in [0.25, 0.3) is 0 Å². The topological polar surface area (TPSA) is 49.4 Å². The van der Waals surface area contributed by atoms with E-state index in [9.17, 15) is 9.59 Å². The molecule has 156 valence electrons. The highest BCUT2D eigenvalue weighted by Gasteiger charge is 2.40. The largest absolute Gasteiger partial charge is 0.350 e. The summed E-state index contributed by atoms with van der Waals surface area (Å²) >= 11 is 19.3. The number of para-hydroxylation sites is 1. The third kappa shape index (κ3) is 4.46. The van der Waals surface area contributed by atoms with Crippen LogP contribution in [-0.4, -0.2) is 11.8 Å². The molecule has 1 aliphatic heterocycles. The maximum atomic E-state index is 13.4. The van der Waals surface area contributed by atoms with Crippen LogP contribution >= 0.6 is 46.6 Å². The third-order valence-corrected chi connectivity index (χ3v) is 6.72. The van der Waals surface area contributed by atoms with Crippen molar-refractivity contribution < 1.29 is 9.59 Å². The number of anilines is 2. The molecule has 2 amide bonds. The van der Waals surface area contributed by atoms with Gasteiger partial charge in [0.15, 0.2) is 0 Å². The second-order valence-electron chi connectivity index (χ2n) is 6.74. The van der Waals surface area contributed by atoms with Gasteiger partial charge < -0.3 is 5.32 Å². The van der Waals surface area contributed by atoms with Gasteiger partial charge in [0, 0.05) is 15.6 Å². The molecule has 1 aliphatic rings. The van der Waals surface area contributed by atoms with Gasteiger partial charge in [-0.3, -0.25) is 9.59 Å². The minimum Gasteiger partial charge on any atom is -0.350 e. The lowest BCUT2D eigenvalue weighted by atomic mass is 10.2. The molecule has 0 bridgehead atoms. The first kappa shape index (κ1) is 21.8. The fraction of sp³-hybridized carbons (Fsp3) is 0.0435. The summed E-state index contributed by atoms with van der Waals surface area (Å²) in [5, 5.41) is 4.34. The second kappa shape index (κ2) is 8.97. The summed E-state index contributed by atoms with van der Waals surface area (Å²) in [5.74, 6) is -0.914. The molecular formula is C23H15Cl3N2O2S. The lowest BCUT2D eigenvalue weighted by Crippen LogP contribution is -2.32. The molecule has 0 fully saturated rings. The van der Waals surface area contributed by atoms with Crippen LogP contribution in [0.2, 0.25) is 15.1 Å². The number of benzene rings is 3. The Labute approximate surface area is 198 Å². The molecule has 4 rings (SSSR count). The number of amides is 2. The van der Waals surface area contributed by atoms with Gasteiger partial charge in [-0.05, 0) is 61.0 Å². The molecule has 1 N–H and O–H groups in total.